The molecule has 5 rings (SSSR count). The molecule has 2 aliphatic heterocycles. The maximum Gasteiger partial charge on any atom is 0.241 e. The van der Waals surface area contributed by atoms with Crippen molar-refractivity contribution in [1.82, 2.24) is 24.8 Å². The molecule has 0 spiro atoms. The highest BCUT2D eigenvalue weighted by Crippen LogP contribution is 2.26. The number of benzene rings is 2. The summed E-state index contributed by atoms with van der Waals surface area (Å²) < 4.78 is 5.46. The third-order valence-corrected chi connectivity index (χ3v) is 7.37. The number of carbonyl (C=O) groups is 1. The van der Waals surface area contributed by atoms with Crippen molar-refractivity contribution in [2.45, 2.75) is 19.4 Å². The van der Waals surface area contributed by atoms with E-state index in [2.05, 4.69) is 61.3 Å². The van der Waals surface area contributed by atoms with Crippen molar-refractivity contribution in [3.63, 3.8) is 0 Å². The first-order valence-electron chi connectivity index (χ1n) is 12.7. The van der Waals surface area contributed by atoms with Gasteiger partial charge >= 0.3 is 0 Å². The van der Waals surface area contributed by atoms with Crippen LogP contribution in [0.25, 0.3) is 17.5 Å². The zero-order valence-corrected chi connectivity index (χ0v) is 21.2. The minimum absolute atomic E-state index is 0.104. The van der Waals surface area contributed by atoms with E-state index in [0.29, 0.717) is 29.2 Å². The Morgan fingerprint density at radius 3 is 2.42 bits per heavy atom. The van der Waals surface area contributed by atoms with Crippen LogP contribution >= 0.6 is 11.6 Å². The minimum atomic E-state index is 0.104. The van der Waals surface area contributed by atoms with Gasteiger partial charge in [-0.25, -0.2) is 0 Å². The van der Waals surface area contributed by atoms with Crippen LogP contribution in [0.1, 0.15) is 24.3 Å². The lowest BCUT2D eigenvalue weighted by molar-refractivity contribution is -0.138. The van der Waals surface area contributed by atoms with Crippen LogP contribution in [0.4, 0.5) is 0 Å². The van der Waals surface area contributed by atoms with Gasteiger partial charge in [-0.2, -0.15) is 4.98 Å². The lowest BCUT2D eigenvalue weighted by atomic mass is 9.95. The summed E-state index contributed by atoms with van der Waals surface area (Å²) in [5.74, 6) is 1.50. The first-order valence-corrected chi connectivity index (χ1v) is 13.1. The number of carbonyl (C=O) groups excluding carboxylic acids is 1. The molecule has 2 aromatic carbocycles. The number of piperidine rings is 1. The van der Waals surface area contributed by atoms with Gasteiger partial charge in [0.25, 0.3) is 0 Å². The molecule has 0 bridgehead atoms. The summed E-state index contributed by atoms with van der Waals surface area (Å²) in [6.07, 6.45) is 6.11. The van der Waals surface area contributed by atoms with Gasteiger partial charge in [0.2, 0.25) is 17.6 Å². The predicted octanol–water partition coefficient (Wildman–Crippen LogP) is 4.46. The van der Waals surface area contributed by atoms with E-state index in [1.807, 2.05) is 30.3 Å². The van der Waals surface area contributed by atoms with E-state index in [1.54, 1.807) is 0 Å². The van der Waals surface area contributed by atoms with Gasteiger partial charge in [0.15, 0.2) is 0 Å². The molecular formula is C28H32ClN5O2. The number of halogens is 1. The molecule has 1 aromatic heterocycles. The Morgan fingerprint density at radius 2 is 1.67 bits per heavy atom. The molecule has 188 valence electrons. The first kappa shape index (κ1) is 24.7. The van der Waals surface area contributed by atoms with Crippen LogP contribution in [0, 0.1) is 5.92 Å². The van der Waals surface area contributed by atoms with Crippen molar-refractivity contribution in [3.05, 3.63) is 77.2 Å². The van der Waals surface area contributed by atoms with Crippen LogP contribution < -0.4 is 0 Å². The van der Waals surface area contributed by atoms with E-state index in [1.165, 1.54) is 5.56 Å². The molecule has 7 nitrogen and oxygen atoms in total. The first-order chi connectivity index (χ1) is 17.7. The van der Waals surface area contributed by atoms with E-state index in [4.69, 9.17) is 16.1 Å². The predicted molar refractivity (Wildman–Crippen MR) is 141 cm³/mol. The van der Waals surface area contributed by atoms with Crippen LogP contribution in [0.3, 0.4) is 0 Å². The molecule has 0 saturated carbocycles. The van der Waals surface area contributed by atoms with Crippen LogP contribution in [-0.2, 0) is 11.3 Å². The quantitative estimate of drug-likeness (QED) is 0.472. The SMILES string of the molecule is O=C(C1CCN(Cc2nc(-c3ccccc3Cl)no2)CC1)N1CCN(C/C=C/c2ccccc2)CC1. The average molecular weight is 506 g/mol. The molecule has 2 aliphatic rings. The van der Waals surface area contributed by atoms with Gasteiger partial charge in [-0.15, -0.1) is 0 Å². The molecule has 3 heterocycles. The fraction of sp³-hybridized carbons (Fsp3) is 0.393. The normalized spacial score (nSPS) is 18.2. The van der Waals surface area contributed by atoms with Gasteiger partial charge < -0.3 is 9.42 Å². The van der Waals surface area contributed by atoms with E-state index >= 15 is 0 Å². The third kappa shape index (κ3) is 6.22. The molecule has 0 aliphatic carbocycles. The Bertz CT molecular complexity index is 1170. The summed E-state index contributed by atoms with van der Waals surface area (Å²) in [4.78, 5) is 24.4. The zero-order valence-electron chi connectivity index (χ0n) is 20.4. The fourth-order valence-corrected chi connectivity index (χ4v) is 5.13. The topological polar surface area (TPSA) is 65.7 Å². The van der Waals surface area contributed by atoms with Gasteiger partial charge in [0.05, 0.1) is 11.6 Å². The molecule has 2 saturated heterocycles. The number of rotatable bonds is 7. The Kier molecular flexibility index (Phi) is 8.11. The van der Waals surface area contributed by atoms with Crippen molar-refractivity contribution >= 4 is 23.6 Å². The number of nitrogens with zero attached hydrogens (tertiary/aromatic N) is 5. The number of hydrogen-bond donors (Lipinski definition) is 0. The van der Waals surface area contributed by atoms with E-state index in [-0.39, 0.29) is 5.92 Å². The lowest BCUT2D eigenvalue weighted by Crippen LogP contribution is -2.51. The second-order valence-corrected chi connectivity index (χ2v) is 9.89. The Balaban J connectivity index is 1.04. The summed E-state index contributed by atoms with van der Waals surface area (Å²) >= 11 is 6.25. The summed E-state index contributed by atoms with van der Waals surface area (Å²) in [6, 6.07) is 17.8. The number of amides is 1. The van der Waals surface area contributed by atoms with Crippen LogP contribution in [-0.4, -0.2) is 76.6 Å². The molecule has 1 amide bonds. The molecular weight excluding hydrogens is 474 g/mol. The Morgan fingerprint density at radius 1 is 0.944 bits per heavy atom. The molecule has 0 atom stereocenters. The standard InChI is InChI=1S/C28H32ClN5O2/c29-25-11-5-4-10-24(25)27-30-26(36-31-27)21-33-15-12-23(13-16-33)28(35)34-19-17-32(18-20-34)14-6-9-22-7-2-1-3-8-22/h1-11,23H,12-21H2/b9-6+. The van der Waals surface area contributed by atoms with Crippen LogP contribution in [0.5, 0.6) is 0 Å². The summed E-state index contributed by atoms with van der Waals surface area (Å²) in [6.45, 7) is 6.69. The third-order valence-electron chi connectivity index (χ3n) is 7.04. The van der Waals surface area contributed by atoms with Gasteiger partial charge in [-0.05, 0) is 43.6 Å². The van der Waals surface area contributed by atoms with Gasteiger partial charge in [0.1, 0.15) is 0 Å². The van der Waals surface area contributed by atoms with Crippen molar-refractivity contribution in [1.29, 1.82) is 0 Å². The highest BCUT2D eigenvalue weighted by atomic mass is 35.5. The zero-order chi connectivity index (χ0) is 24.7. The lowest BCUT2D eigenvalue weighted by Gasteiger charge is -2.38. The van der Waals surface area contributed by atoms with E-state index < -0.39 is 0 Å². The number of piperazine rings is 1. The molecule has 0 unspecified atom stereocenters. The van der Waals surface area contributed by atoms with Gasteiger partial charge in [0, 0.05) is 44.2 Å². The minimum Gasteiger partial charge on any atom is -0.340 e. The fourth-order valence-electron chi connectivity index (χ4n) is 4.91. The molecule has 8 heteroatoms. The second-order valence-electron chi connectivity index (χ2n) is 9.48. The number of aromatic nitrogens is 2. The molecule has 0 N–H and O–H groups in total. The number of hydrogen-bond acceptors (Lipinski definition) is 6. The van der Waals surface area contributed by atoms with Crippen molar-refractivity contribution < 1.29 is 9.32 Å². The summed E-state index contributed by atoms with van der Waals surface area (Å²) in [5.41, 5.74) is 1.99. The second kappa shape index (κ2) is 11.8. The van der Waals surface area contributed by atoms with Crippen LogP contribution in [0.2, 0.25) is 5.02 Å². The van der Waals surface area contributed by atoms with Crippen molar-refractivity contribution in [2.24, 2.45) is 5.92 Å². The van der Waals surface area contributed by atoms with E-state index in [0.717, 1.165) is 64.2 Å². The summed E-state index contributed by atoms with van der Waals surface area (Å²) in [5, 5.41) is 4.70. The largest absolute Gasteiger partial charge is 0.340 e. The average Bonchev–Trinajstić information content (AvgIpc) is 3.38. The summed E-state index contributed by atoms with van der Waals surface area (Å²) in [7, 11) is 0. The molecule has 36 heavy (non-hydrogen) atoms. The maximum atomic E-state index is 13.1. The van der Waals surface area contributed by atoms with Gasteiger partial charge in [-0.3, -0.25) is 14.6 Å². The Hall–Kier alpha value is -3.00. The smallest absolute Gasteiger partial charge is 0.241 e. The molecule has 3 aromatic rings. The molecule has 2 fully saturated rings. The highest BCUT2D eigenvalue weighted by Gasteiger charge is 2.30. The van der Waals surface area contributed by atoms with Crippen LogP contribution in [0.15, 0.2) is 65.2 Å². The highest BCUT2D eigenvalue weighted by molar-refractivity contribution is 6.33. The molecule has 0 radical (unpaired) electrons. The maximum absolute atomic E-state index is 13.1. The van der Waals surface area contributed by atoms with Crippen molar-refractivity contribution in [3.8, 4) is 11.4 Å². The number of likely N-dealkylation sites (tertiary alicyclic amines) is 1. The van der Waals surface area contributed by atoms with E-state index in [9.17, 15) is 4.79 Å². The monoisotopic (exact) mass is 505 g/mol. The van der Waals surface area contributed by atoms with Gasteiger partial charge in [-0.1, -0.05) is 71.4 Å². The Labute approximate surface area is 217 Å². The van der Waals surface area contributed by atoms with Crippen molar-refractivity contribution in [2.75, 3.05) is 45.8 Å².